The summed E-state index contributed by atoms with van der Waals surface area (Å²) >= 11 is 0. The van der Waals surface area contributed by atoms with Crippen molar-refractivity contribution in [1.29, 1.82) is 0 Å². The quantitative estimate of drug-likeness (QED) is 0.679. The summed E-state index contributed by atoms with van der Waals surface area (Å²) < 4.78 is 10.9. The molecule has 0 unspecified atom stereocenters. The van der Waals surface area contributed by atoms with Gasteiger partial charge in [-0.3, -0.25) is 4.79 Å². The number of carbonyl (C=O) groups excluding carboxylic acids is 1. The minimum atomic E-state index is 0.0965. The maximum absolute atomic E-state index is 12.4. The van der Waals surface area contributed by atoms with Gasteiger partial charge in [-0.25, -0.2) is 0 Å². The predicted molar refractivity (Wildman–Crippen MR) is 107 cm³/mol. The summed E-state index contributed by atoms with van der Waals surface area (Å²) in [6, 6.07) is 12.4. The van der Waals surface area contributed by atoms with Crippen LogP contribution in [0, 0.1) is 13.8 Å². The number of piperazine rings is 1. The second-order valence-corrected chi connectivity index (χ2v) is 7.97. The van der Waals surface area contributed by atoms with Crippen molar-refractivity contribution in [3.05, 3.63) is 53.1 Å². The number of ether oxygens (including phenoxy) is 2. The molecule has 6 nitrogen and oxygen atoms in total. The number of rotatable bonds is 5. The molecule has 1 saturated heterocycles. The van der Waals surface area contributed by atoms with Gasteiger partial charge in [-0.05, 0) is 55.3 Å². The van der Waals surface area contributed by atoms with Gasteiger partial charge in [0.2, 0.25) is 6.79 Å². The van der Waals surface area contributed by atoms with Crippen molar-refractivity contribution in [1.82, 2.24) is 0 Å². The molecule has 2 aliphatic heterocycles. The summed E-state index contributed by atoms with van der Waals surface area (Å²) in [5.41, 5.74) is 4.51. The van der Waals surface area contributed by atoms with Crippen molar-refractivity contribution in [3.8, 4) is 11.5 Å². The van der Waals surface area contributed by atoms with Crippen LogP contribution in [0.2, 0.25) is 0 Å². The summed E-state index contributed by atoms with van der Waals surface area (Å²) in [4.78, 5) is 15.3. The normalized spacial score (nSPS) is 20.8. The lowest BCUT2D eigenvalue weighted by Gasteiger charge is -2.29. The molecule has 1 fully saturated rings. The average Bonchev–Trinajstić information content (AvgIpc) is 3.10. The van der Waals surface area contributed by atoms with Crippen molar-refractivity contribution >= 4 is 11.6 Å². The molecule has 0 bridgehead atoms. The monoisotopic (exact) mass is 383 g/mol. The van der Waals surface area contributed by atoms with E-state index in [2.05, 4.69) is 37.4 Å². The number of hydrogen-bond donors (Lipinski definition) is 3. The number of fused-ring (bicyclic) bond motifs is 1. The molecule has 2 aromatic carbocycles. The Hall–Kier alpha value is -2.57. The lowest BCUT2D eigenvalue weighted by Crippen LogP contribution is -3.28. The molecule has 28 heavy (non-hydrogen) atoms. The molecule has 3 N–H and O–H groups in total. The fourth-order valence-corrected chi connectivity index (χ4v) is 4.13. The minimum absolute atomic E-state index is 0.0965. The van der Waals surface area contributed by atoms with Crippen LogP contribution in [0.1, 0.15) is 16.7 Å². The third-order valence-corrected chi connectivity index (χ3v) is 5.47. The van der Waals surface area contributed by atoms with E-state index in [1.54, 1.807) is 4.90 Å². The SMILES string of the molecule is Cc1cc(C)cc(NC(=O)C[NH+]2CC[NH+](Cc3ccc4c(c3)OCO4)CC2)c1. The smallest absolute Gasteiger partial charge is 0.279 e. The number of quaternary nitrogens is 2. The predicted octanol–water partition coefficient (Wildman–Crippen LogP) is -0.0458. The molecular weight excluding hydrogens is 354 g/mol. The van der Waals surface area contributed by atoms with Gasteiger partial charge in [-0.2, -0.15) is 0 Å². The number of carbonyl (C=O) groups is 1. The topological polar surface area (TPSA) is 56.4 Å². The molecule has 0 aliphatic carbocycles. The molecule has 0 aromatic heterocycles. The van der Waals surface area contributed by atoms with Crippen LogP contribution in [0.5, 0.6) is 11.5 Å². The van der Waals surface area contributed by atoms with Crippen LogP contribution in [0.15, 0.2) is 36.4 Å². The van der Waals surface area contributed by atoms with E-state index >= 15 is 0 Å². The first-order valence-corrected chi connectivity index (χ1v) is 9.99. The summed E-state index contributed by atoms with van der Waals surface area (Å²) in [7, 11) is 0. The summed E-state index contributed by atoms with van der Waals surface area (Å²) in [5, 5.41) is 3.05. The van der Waals surface area contributed by atoms with Crippen molar-refractivity contribution in [2.45, 2.75) is 20.4 Å². The molecule has 0 saturated carbocycles. The highest BCUT2D eigenvalue weighted by molar-refractivity contribution is 5.91. The van der Waals surface area contributed by atoms with Crippen LogP contribution in [-0.4, -0.2) is 45.4 Å². The van der Waals surface area contributed by atoms with Crippen molar-refractivity contribution < 1.29 is 24.1 Å². The maximum atomic E-state index is 12.4. The average molecular weight is 383 g/mol. The number of benzene rings is 2. The zero-order chi connectivity index (χ0) is 19.5. The van der Waals surface area contributed by atoms with E-state index in [-0.39, 0.29) is 5.91 Å². The molecule has 148 valence electrons. The fourth-order valence-electron chi connectivity index (χ4n) is 4.13. The summed E-state index contributed by atoms with van der Waals surface area (Å²) in [5.74, 6) is 1.78. The molecule has 0 spiro atoms. The molecule has 4 rings (SSSR count). The zero-order valence-electron chi connectivity index (χ0n) is 16.6. The lowest BCUT2D eigenvalue weighted by molar-refractivity contribution is -1.02. The maximum Gasteiger partial charge on any atom is 0.279 e. The van der Waals surface area contributed by atoms with E-state index in [9.17, 15) is 4.79 Å². The van der Waals surface area contributed by atoms with Gasteiger partial charge < -0.3 is 24.6 Å². The van der Waals surface area contributed by atoms with E-state index < -0.39 is 0 Å². The van der Waals surface area contributed by atoms with E-state index in [4.69, 9.17) is 9.47 Å². The highest BCUT2D eigenvalue weighted by atomic mass is 16.7. The third-order valence-electron chi connectivity index (χ3n) is 5.47. The highest BCUT2D eigenvalue weighted by Crippen LogP contribution is 2.32. The van der Waals surface area contributed by atoms with Crippen molar-refractivity contribution in [2.24, 2.45) is 0 Å². The Morgan fingerprint density at radius 3 is 2.36 bits per heavy atom. The second kappa shape index (κ2) is 8.20. The lowest BCUT2D eigenvalue weighted by atomic mass is 10.1. The molecular formula is C22H29N3O3+2. The molecule has 2 aromatic rings. The first-order chi connectivity index (χ1) is 13.5. The van der Waals surface area contributed by atoms with Gasteiger partial charge in [0.25, 0.3) is 5.91 Å². The van der Waals surface area contributed by atoms with Gasteiger partial charge in [0.1, 0.15) is 32.7 Å². The Morgan fingerprint density at radius 2 is 1.61 bits per heavy atom. The van der Waals surface area contributed by atoms with Gasteiger partial charge in [0.15, 0.2) is 18.0 Å². The van der Waals surface area contributed by atoms with E-state index in [0.717, 1.165) is 49.9 Å². The highest BCUT2D eigenvalue weighted by Gasteiger charge is 2.25. The number of aryl methyl sites for hydroxylation is 2. The molecule has 0 atom stereocenters. The summed E-state index contributed by atoms with van der Waals surface area (Å²) in [6.45, 7) is 10.1. The van der Waals surface area contributed by atoms with Crippen LogP contribution in [0.3, 0.4) is 0 Å². The Bertz CT molecular complexity index is 840. The Morgan fingerprint density at radius 1 is 0.929 bits per heavy atom. The molecule has 2 heterocycles. The number of anilines is 1. The summed E-state index contributed by atoms with van der Waals surface area (Å²) in [6.07, 6.45) is 0. The number of amides is 1. The van der Waals surface area contributed by atoms with Crippen LogP contribution in [0.25, 0.3) is 0 Å². The molecule has 0 radical (unpaired) electrons. The third kappa shape index (κ3) is 4.64. The first kappa shape index (κ1) is 18.8. The Kier molecular flexibility index (Phi) is 5.50. The second-order valence-electron chi connectivity index (χ2n) is 7.97. The van der Waals surface area contributed by atoms with Gasteiger partial charge in [-0.1, -0.05) is 6.07 Å². The van der Waals surface area contributed by atoms with Crippen LogP contribution in [0.4, 0.5) is 5.69 Å². The first-order valence-electron chi connectivity index (χ1n) is 9.99. The fraction of sp³-hybridized carbons (Fsp3) is 0.409. The van der Waals surface area contributed by atoms with Crippen LogP contribution in [-0.2, 0) is 11.3 Å². The van der Waals surface area contributed by atoms with E-state index in [1.807, 2.05) is 18.2 Å². The van der Waals surface area contributed by atoms with Crippen LogP contribution >= 0.6 is 0 Å². The van der Waals surface area contributed by atoms with E-state index in [1.165, 1.54) is 21.6 Å². The molecule has 1 amide bonds. The number of nitrogens with one attached hydrogen (secondary N) is 3. The zero-order valence-corrected chi connectivity index (χ0v) is 16.6. The number of hydrogen-bond acceptors (Lipinski definition) is 3. The molecule has 6 heteroatoms. The minimum Gasteiger partial charge on any atom is -0.454 e. The van der Waals surface area contributed by atoms with Gasteiger partial charge >= 0.3 is 0 Å². The van der Waals surface area contributed by atoms with Gasteiger partial charge in [-0.15, -0.1) is 0 Å². The van der Waals surface area contributed by atoms with Gasteiger partial charge in [0.05, 0.1) is 0 Å². The van der Waals surface area contributed by atoms with Gasteiger partial charge in [0, 0.05) is 11.3 Å². The van der Waals surface area contributed by atoms with Crippen LogP contribution < -0.4 is 24.6 Å². The van der Waals surface area contributed by atoms with Crippen molar-refractivity contribution in [2.75, 3.05) is 44.8 Å². The van der Waals surface area contributed by atoms with Crippen molar-refractivity contribution in [3.63, 3.8) is 0 Å². The van der Waals surface area contributed by atoms with E-state index in [0.29, 0.717) is 13.3 Å². The molecule has 2 aliphatic rings. The largest absolute Gasteiger partial charge is 0.454 e. The standard InChI is InChI=1S/C22H27N3O3/c1-16-9-17(2)11-19(10-16)23-22(26)14-25-7-5-24(6-8-25)13-18-3-4-20-21(12-18)28-15-27-20/h3-4,9-12H,5-8,13-15H2,1-2H3,(H,23,26)/p+2. The Labute approximate surface area is 166 Å². The Balaban J connectivity index is 1.24.